The summed E-state index contributed by atoms with van der Waals surface area (Å²) < 4.78 is 4.78. The van der Waals surface area contributed by atoms with E-state index in [2.05, 4.69) is 27.3 Å². The predicted molar refractivity (Wildman–Crippen MR) is 60.9 cm³/mol. The van der Waals surface area contributed by atoms with Gasteiger partial charge in [0.2, 0.25) is 6.39 Å². The minimum Gasteiger partial charge on any atom is -0.343 e. The van der Waals surface area contributed by atoms with E-state index in [0.717, 1.165) is 32.0 Å². The van der Waals surface area contributed by atoms with Crippen LogP contribution in [0.1, 0.15) is 32.0 Å². The van der Waals surface area contributed by atoms with E-state index in [1.165, 1.54) is 25.7 Å². The molecule has 1 aliphatic rings. The van der Waals surface area contributed by atoms with Crippen LogP contribution in [-0.2, 0) is 6.54 Å². The molecule has 0 radical (unpaired) electrons. The van der Waals surface area contributed by atoms with Gasteiger partial charge >= 0.3 is 0 Å². The van der Waals surface area contributed by atoms with Crippen LogP contribution >= 0.6 is 0 Å². The van der Waals surface area contributed by atoms with Crippen LogP contribution in [-0.4, -0.2) is 40.7 Å². The van der Waals surface area contributed by atoms with Crippen LogP contribution in [0.25, 0.3) is 0 Å². The Morgan fingerprint density at radius 1 is 1.50 bits per heavy atom. The van der Waals surface area contributed by atoms with E-state index in [0.29, 0.717) is 6.04 Å². The van der Waals surface area contributed by atoms with Crippen molar-refractivity contribution < 1.29 is 4.52 Å². The zero-order valence-electron chi connectivity index (χ0n) is 9.85. The first-order valence-corrected chi connectivity index (χ1v) is 6.10. The summed E-state index contributed by atoms with van der Waals surface area (Å²) in [5, 5.41) is 7.28. The lowest BCUT2D eigenvalue weighted by atomic mass is 10.0. The van der Waals surface area contributed by atoms with Crippen molar-refractivity contribution in [2.24, 2.45) is 0 Å². The fourth-order valence-electron chi connectivity index (χ4n) is 2.29. The number of piperidine rings is 1. The molecule has 0 bridgehead atoms. The number of rotatable bonds is 5. The summed E-state index contributed by atoms with van der Waals surface area (Å²) in [6.07, 6.45) is 5.01. The summed E-state index contributed by atoms with van der Waals surface area (Å²) in [6.45, 7) is 6.38. The standard InChI is InChI=1S/C11H20N4O/c1-2-7-15(8-11-13-9-16-14-11)10-3-5-12-6-4-10/h9-10,12H,2-8H2,1H3. The third-order valence-electron chi connectivity index (χ3n) is 3.09. The first-order chi connectivity index (χ1) is 7.90. The maximum absolute atomic E-state index is 4.78. The normalized spacial score (nSPS) is 18.1. The van der Waals surface area contributed by atoms with Crippen LogP contribution < -0.4 is 5.32 Å². The monoisotopic (exact) mass is 224 g/mol. The van der Waals surface area contributed by atoms with Crippen LogP contribution in [0.4, 0.5) is 0 Å². The van der Waals surface area contributed by atoms with Crippen LogP contribution in [0.3, 0.4) is 0 Å². The van der Waals surface area contributed by atoms with E-state index in [9.17, 15) is 0 Å². The molecule has 2 rings (SSSR count). The first-order valence-electron chi connectivity index (χ1n) is 6.10. The van der Waals surface area contributed by atoms with Gasteiger partial charge in [-0.2, -0.15) is 4.98 Å². The third kappa shape index (κ3) is 3.02. The van der Waals surface area contributed by atoms with Crippen molar-refractivity contribution in [1.82, 2.24) is 20.4 Å². The summed E-state index contributed by atoms with van der Waals surface area (Å²) in [5.41, 5.74) is 0. The molecule has 1 fully saturated rings. The molecule has 0 aliphatic carbocycles. The Balaban J connectivity index is 1.92. The Bertz CT molecular complexity index is 282. The average Bonchev–Trinajstić information content (AvgIpc) is 2.83. The van der Waals surface area contributed by atoms with Gasteiger partial charge in [-0.25, -0.2) is 0 Å². The molecular weight excluding hydrogens is 204 g/mol. The highest BCUT2D eigenvalue weighted by Crippen LogP contribution is 2.14. The molecule has 1 aromatic heterocycles. The fourth-order valence-corrected chi connectivity index (χ4v) is 2.29. The van der Waals surface area contributed by atoms with Gasteiger partial charge in [-0.1, -0.05) is 12.1 Å². The lowest BCUT2D eigenvalue weighted by Crippen LogP contribution is -2.43. The van der Waals surface area contributed by atoms with Crippen LogP contribution in [0.2, 0.25) is 0 Å². The van der Waals surface area contributed by atoms with E-state index in [4.69, 9.17) is 4.52 Å². The van der Waals surface area contributed by atoms with Gasteiger partial charge in [-0.3, -0.25) is 4.90 Å². The summed E-state index contributed by atoms with van der Waals surface area (Å²) in [5.74, 6) is 0.798. The summed E-state index contributed by atoms with van der Waals surface area (Å²) in [4.78, 5) is 6.58. The van der Waals surface area contributed by atoms with Gasteiger partial charge in [-0.15, -0.1) is 0 Å². The zero-order chi connectivity index (χ0) is 11.2. The molecule has 0 aromatic carbocycles. The Hall–Kier alpha value is -0.940. The molecule has 16 heavy (non-hydrogen) atoms. The van der Waals surface area contributed by atoms with Crippen molar-refractivity contribution in [2.45, 2.75) is 38.8 Å². The number of aromatic nitrogens is 2. The second-order valence-corrected chi connectivity index (χ2v) is 4.30. The molecule has 0 atom stereocenters. The molecule has 0 spiro atoms. The Morgan fingerprint density at radius 2 is 2.31 bits per heavy atom. The maximum atomic E-state index is 4.78. The third-order valence-corrected chi connectivity index (χ3v) is 3.09. The molecule has 0 amide bonds. The van der Waals surface area contributed by atoms with Crippen molar-refractivity contribution in [2.75, 3.05) is 19.6 Å². The molecule has 5 heteroatoms. The van der Waals surface area contributed by atoms with Crippen LogP contribution in [0, 0.1) is 0 Å². The number of nitrogens with zero attached hydrogens (tertiary/aromatic N) is 3. The Morgan fingerprint density at radius 3 is 2.94 bits per heavy atom. The molecule has 2 heterocycles. The molecule has 1 saturated heterocycles. The van der Waals surface area contributed by atoms with Gasteiger partial charge in [0.1, 0.15) is 0 Å². The van der Waals surface area contributed by atoms with Crippen molar-refractivity contribution in [1.29, 1.82) is 0 Å². The van der Waals surface area contributed by atoms with Gasteiger partial charge in [0.25, 0.3) is 0 Å². The predicted octanol–water partition coefficient (Wildman–Crippen LogP) is 1.03. The summed E-state index contributed by atoms with van der Waals surface area (Å²) in [6, 6.07) is 0.666. The van der Waals surface area contributed by atoms with Crippen LogP contribution in [0.15, 0.2) is 10.9 Å². The molecule has 1 aromatic rings. The average molecular weight is 224 g/mol. The molecule has 90 valence electrons. The fraction of sp³-hybridized carbons (Fsp3) is 0.818. The molecule has 0 saturated carbocycles. The van der Waals surface area contributed by atoms with Gasteiger partial charge in [0, 0.05) is 6.04 Å². The number of hydrogen-bond donors (Lipinski definition) is 1. The van der Waals surface area contributed by atoms with E-state index in [1.54, 1.807) is 0 Å². The lowest BCUT2D eigenvalue weighted by Gasteiger charge is -2.33. The Kier molecular flexibility index (Phi) is 4.30. The molecule has 1 aliphatic heterocycles. The van der Waals surface area contributed by atoms with E-state index in [1.807, 2.05) is 0 Å². The summed E-state index contributed by atoms with van der Waals surface area (Å²) in [7, 11) is 0. The van der Waals surface area contributed by atoms with Crippen LogP contribution in [0.5, 0.6) is 0 Å². The highest BCUT2D eigenvalue weighted by atomic mass is 16.5. The highest BCUT2D eigenvalue weighted by molar-refractivity contribution is 4.84. The van der Waals surface area contributed by atoms with Gasteiger partial charge in [0.05, 0.1) is 6.54 Å². The van der Waals surface area contributed by atoms with E-state index >= 15 is 0 Å². The SMILES string of the molecule is CCCN(Cc1ncon1)C1CCNCC1. The van der Waals surface area contributed by atoms with Crippen molar-refractivity contribution >= 4 is 0 Å². The van der Waals surface area contributed by atoms with Gasteiger partial charge < -0.3 is 9.84 Å². The minimum atomic E-state index is 0.666. The second kappa shape index (κ2) is 5.96. The van der Waals surface area contributed by atoms with Crippen molar-refractivity contribution in [3.05, 3.63) is 12.2 Å². The first kappa shape index (κ1) is 11.5. The van der Waals surface area contributed by atoms with Gasteiger partial charge in [0.15, 0.2) is 5.82 Å². The second-order valence-electron chi connectivity index (χ2n) is 4.30. The Labute approximate surface area is 96.2 Å². The zero-order valence-corrected chi connectivity index (χ0v) is 9.85. The van der Waals surface area contributed by atoms with E-state index < -0.39 is 0 Å². The minimum absolute atomic E-state index is 0.666. The molecular formula is C11H20N4O. The maximum Gasteiger partial charge on any atom is 0.213 e. The highest BCUT2D eigenvalue weighted by Gasteiger charge is 2.21. The summed E-state index contributed by atoms with van der Waals surface area (Å²) >= 11 is 0. The smallest absolute Gasteiger partial charge is 0.213 e. The largest absolute Gasteiger partial charge is 0.343 e. The topological polar surface area (TPSA) is 54.2 Å². The van der Waals surface area contributed by atoms with E-state index in [-0.39, 0.29) is 0 Å². The molecule has 5 nitrogen and oxygen atoms in total. The number of hydrogen-bond acceptors (Lipinski definition) is 5. The van der Waals surface area contributed by atoms with Crippen molar-refractivity contribution in [3.63, 3.8) is 0 Å². The molecule has 1 N–H and O–H groups in total. The lowest BCUT2D eigenvalue weighted by molar-refractivity contribution is 0.149. The number of nitrogens with one attached hydrogen (secondary N) is 1. The molecule has 0 unspecified atom stereocenters. The van der Waals surface area contributed by atoms with Crippen molar-refractivity contribution in [3.8, 4) is 0 Å². The van der Waals surface area contributed by atoms with Gasteiger partial charge in [-0.05, 0) is 38.9 Å². The quantitative estimate of drug-likeness (QED) is 0.809.